The van der Waals surface area contributed by atoms with Gasteiger partial charge < -0.3 is 14.4 Å². The number of esters is 2. The molecular formula is C16H19NO5. The number of nitrogens with zero attached hydrogens (tertiary/aromatic N) is 1. The van der Waals surface area contributed by atoms with Crippen molar-refractivity contribution in [1.82, 2.24) is 4.90 Å². The van der Waals surface area contributed by atoms with E-state index >= 15 is 0 Å². The van der Waals surface area contributed by atoms with Gasteiger partial charge >= 0.3 is 11.9 Å². The van der Waals surface area contributed by atoms with E-state index in [2.05, 4.69) is 6.58 Å². The van der Waals surface area contributed by atoms with Crippen LogP contribution in [0.1, 0.15) is 17.3 Å². The zero-order chi connectivity index (χ0) is 16.4. The van der Waals surface area contributed by atoms with Gasteiger partial charge in [-0.15, -0.1) is 0 Å². The predicted molar refractivity (Wildman–Crippen MR) is 80.1 cm³/mol. The van der Waals surface area contributed by atoms with Crippen LogP contribution in [0.3, 0.4) is 0 Å². The van der Waals surface area contributed by atoms with Crippen molar-refractivity contribution in [1.29, 1.82) is 0 Å². The smallest absolute Gasteiger partial charge is 0.325 e. The average Bonchev–Trinajstić information content (AvgIpc) is 2.51. The van der Waals surface area contributed by atoms with Crippen molar-refractivity contribution in [3.8, 4) is 0 Å². The van der Waals surface area contributed by atoms with E-state index < -0.39 is 11.9 Å². The van der Waals surface area contributed by atoms with Crippen LogP contribution in [0.25, 0.3) is 0 Å². The summed E-state index contributed by atoms with van der Waals surface area (Å²) in [7, 11) is 0. The lowest BCUT2D eigenvalue weighted by atomic mass is 10.2. The third kappa shape index (κ3) is 6.21. The molecule has 1 amide bonds. The highest BCUT2D eigenvalue weighted by atomic mass is 16.5. The lowest BCUT2D eigenvalue weighted by Crippen LogP contribution is -2.39. The van der Waals surface area contributed by atoms with E-state index in [-0.39, 0.29) is 32.2 Å². The number of benzene rings is 1. The third-order valence-corrected chi connectivity index (χ3v) is 2.66. The van der Waals surface area contributed by atoms with Gasteiger partial charge in [-0.1, -0.05) is 30.9 Å². The lowest BCUT2D eigenvalue weighted by molar-refractivity contribution is -0.143. The Kier molecular flexibility index (Phi) is 7.39. The van der Waals surface area contributed by atoms with E-state index in [1.807, 2.05) is 0 Å². The van der Waals surface area contributed by atoms with Crippen molar-refractivity contribution in [2.75, 3.05) is 26.3 Å². The number of rotatable bonds is 8. The molecule has 0 spiro atoms. The van der Waals surface area contributed by atoms with Crippen LogP contribution in [0.2, 0.25) is 0 Å². The zero-order valence-electron chi connectivity index (χ0n) is 12.5. The van der Waals surface area contributed by atoms with Crippen LogP contribution in [0.4, 0.5) is 0 Å². The van der Waals surface area contributed by atoms with Crippen molar-refractivity contribution >= 4 is 17.8 Å². The van der Waals surface area contributed by atoms with Crippen LogP contribution in [0.5, 0.6) is 0 Å². The minimum atomic E-state index is -0.549. The molecule has 0 atom stereocenters. The highest BCUT2D eigenvalue weighted by molar-refractivity contribution is 5.95. The standard InChI is InChI=1S/C16H19NO5/c1-3-10-22-15(19)12-17(9-11-21-13(2)18)16(20)14-7-5-4-6-8-14/h3-8H,1,9-12H2,2H3. The lowest BCUT2D eigenvalue weighted by Gasteiger charge is -2.21. The van der Waals surface area contributed by atoms with Gasteiger partial charge in [-0.05, 0) is 12.1 Å². The Labute approximate surface area is 129 Å². The molecular weight excluding hydrogens is 286 g/mol. The molecule has 1 aromatic carbocycles. The second-order valence-corrected chi connectivity index (χ2v) is 4.40. The summed E-state index contributed by atoms with van der Waals surface area (Å²) in [5.74, 6) is -1.32. The van der Waals surface area contributed by atoms with Crippen molar-refractivity contribution in [2.45, 2.75) is 6.92 Å². The Bertz CT molecular complexity index is 527. The van der Waals surface area contributed by atoms with E-state index in [1.54, 1.807) is 30.3 Å². The summed E-state index contributed by atoms with van der Waals surface area (Å²) in [4.78, 5) is 36.1. The van der Waals surface area contributed by atoms with Gasteiger partial charge in [0, 0.05) is 12.5 Å². The molecule has 0 aliphatic carbocycles. The molecule has 0 N–H and O–H groups in total. The molecule has 0 aromatic heterocycles. The monoisotopic (exact) mass is 305 g/mol. The van der Waals surface area contributed by atoms with Crippen LogP contribution >= 0.6 is 0 Å². The van der Waals surface area contributed by atoms with E-state index in [9.17, 15) is 14.4 Å². The van der Waals surface area contributed by atoms with Gasteiger partial charge in [0.2, 0.25) is 0 Å². The van der Waals surface area contributed by atoms with Gasteiger partial charge in [-0.3, -0.25) is 14.4 Å². The third-order valence-electron chi connectivity index (χ3n) is 2.66. The van der Waals surface area contributed by atoms with E-state index in [1.165, 1.54) is 17.9 Å². The molecule has 0 fully saturated rings. The largest absolute Gasteiger partial charge is 0.464 e. The number of amides is 1. The highest BCUT2D eigenvalue weighted by Crippen LogP contribution is 2.05. The number of carbonyl (C=O) groups is 3. The summed E-state index contributed by atoms with van der Waals surface area (Å²) in [5.41, 5.74) is 0.446. The fourth-order valence-electron chi connectivity index (χ4n) is 1.67. The highest BCUT2D eigenvalue weighted by Gasteiger charge is 2.19. The van der Waals surface area contributed by atoms with Crippen LogP contribution in [-0.4, -0.2) is 49.0 Å². The fourth-order valence-corrected chi connectivity index (χ4v) is 1.67. The first-order valence-corrected chi connectivity index (χ1v) is 6.78. The van der Waals surface area contributed by atoms with Crippen LogP contribution in [0.15, 0.2) is 43.0 Å². The molecule has 0 unspecified atom stereocenters. The molecule has 0 saturated carbocycles. The fraction of sp³-hybridized carbons (Fsp3) is 0.312. The van der Waals surface area contributed by atoms with Gasteiger partial charge in [0.1, 0.15) is 19.8 Å². The second kappa shape index (κ2) is 9.33. The summed E-state index contributed by atoms with van der Waals surface area (Å²) in [6.07, 6.45) is 1.44. The molecule has 0 heterocycles. The molecule has 118 valence electrons. The van der Waals surface area contributed by atoms with E-state index in [0.717, 1.165) is 0 Å². The summed E-state index contributed by atoms with van der Waals surface area (Å²) >= 11 is 0. The molecule has 6 nitrogen and oxygen atoms in total. The summed E-state index contributed by atoms with van der Waals surface area (Å²) < 4.78 is 9.70. The van der Waals surface area contributed by atoms with E-state index in [0.29, 0.717) is 5.56 Å². The molecule has 6 heteroatoms. The Morgan fingerprint density at radius 1 is 1.18 bits per heavy atom. The summed E-state index contributed by atoms with van der Waals surface area (Å²) in [6, 6.07) is 8.55. The van der Waals surface area contributed by atoms with Gasteiger partial charge in [0.05, 0.1) is 6.54 Å². The maximum Gasteiger partial charge on any atom is 0.325 e. The molecule has 0 aliphatic rings. The van der Waals surface area contributed by atoms with Crippen molar-refractivity contribution < 1.29 is 23.9 Å². The Balaban J connectivity index is 2.72. The van der Waals surface area contributed by atoms with Crippen molar-refractivity contribution in [2.24, 2.45) is 0 Å². The van der Waals surface area contributed by atoms with E-state index in [4.69, 9.17) is 9.47 Å². The molecule has 0 saturated heterocycles. The van der Waals surface area contributed by atoms with Gasteiger partial charge in [-0.25, -0.2) is 0 Å². The predicted octanol–water partition coefficient (Wildman–Crippen LogP) is 1.42. The first-order chi connectivity index (χ1) is 10.5. The first-order valence-electron chi connectivity index (χ1n) is 6.78. The maximum atomic E-state index is 12.4. The van der Waals surface area contributed by atoms with Crippen LogP contribution < -0.4 is 0 Å². The molecule has 22 heavy (non-hydrogen) atoms. The number of carbonyl (C=O) groups excluding carboxylic acids is 3. The normalized spacial score (nSPS) is 9.68. The number of hydrogen-bond acceptors (Lipinski definition) is 5. The molecule has 0 aliphatic heterocycles. The molecule has 0 radical (unpaired) electrons. The molecule has 1 aromatic rings. The van der Waals surface area contributed by atoms with Gasteiger partial charge in [0.25, 0.3) is 5.91 Å². The van der Waals surface area contributed by atoms with Crippen LogP contribution in [0, 0.1) is 0 Å². The molecule has 0 bridgehead atoms. The van der Waals surface area contributed by atoms with Gasteiger partial charge in [-0.2, -0.15) is 0 Å². The average molecular weight is 305 g/mol. The Morgan fingerprint density at radius 3 is 2.45 bits per heavy atom. The van der Waals surface area contributed by atoms with Crippen molar-refractivity contribution in [3.05, 3.63) is 48.6 Å². The minimum absolute atomic E-state index is 0.0165. The maximum absolute atomic E-state index is 12.4. The number of ether oxygens (including phenoxy) is 2. The topological polar surface area (TPSA) is 72.9 Å². The van der Waals surface area contributed by atoms with Crippen molar-refractivity contribution in [3.63, 3.8) is 0 Å². The SMILES string of the molecule is C=CCOC(=O)CN(CCOC(C)=O)C(=O)c1ccccc1. The minimum Gasteiger partial charge on any atom is -0.464 e. The Hall–Kier alpha value is -2.63. The Morgan fingerprint density at radius 2 is 1.86 bits per heavy atom. The molecule has 1 rings (SSSR count). The van der Waals surface area contributed by atoms with Gasteiger partial charge in [0.15, 0.2) is 0 Å². The zero-order valence-corrected chi connectivity index (χ0v) is 12.5. The van der Waals surface area contributed by atoms with Crippen LogP contribution in [-0.2, 0) is 19.1 Å². The summed E-state index contributed by atoms with van der Waals surface area (Å²) in [6.45, 7) is 4.71. The second-order valence-electron chi connectivity index (χ2n) is 4.40. The summed E-state index contributed by atoms with van der Waals surface area (Å²) in [5, 5.41) is 0. The number of hydrogen-bond donors (Lipinski definition) is 0. The first kappa shape index (κ1) is 17.4. The quantitative estimate of drug-likeness (QED) is 0.536.